The molecule has 2 rings (SSSR count). The summed E-state index contributed by atoms with van der Waals surface area (Å²) in [5, 5.41) is 12.0. The summed E-state index contributed by atoms with van der Waals surface area (Å²) in [5.74, 6) is 0.524. The molecule has 3 N–H and O–H groups in total. The van der Waals surface area contributed by atoms with Gasteiger partial charge in [-0.1, -0.05) is 40.7 Å². The summed E-state index contributed by atoms with van der Waals surface area (Å²) < 4.78 is 2.28. The summed E-state index contributed by atoms with van der Waals surface area (Å²) in [7, 11) is 0. The number of nitrogens with one attached hydrogen (secondary N) is 2. The molecular formula is C20H30N4O2. The first-order chi connectivity index (χ1) is 12.2. The van der Waals surface area contributed by atoms with E-state index in [1.165, 1.54) is 6.08 Å². The Labute approximate surface area is 155 Å². The fraction of sp³-hybridized carbons (Fsp3) is 0.500. The Morgan fingerprint density at radius 3 is 2.69 bits per heavy atom. The van der Waals surface area contributed by atoms with E-state index in [0.717, 1.165) is 41.9 Å². The number of rotatable bonds is 7. The molecule has 0 saturated heterocycles. The quantitative estimate of drug-likeness (QED) is 0.404. The zero-order chi connectivity index (χ0) is 19.3. The van der Waals surface area contributed by atoms with Crippen molar-refractivity contribution in [3.63, 3.8) is 0 Å². The Bertz CT molecular complexity index is 785. The predicted molar refractivity (Wildman–Crippen MR) is 105 cm³/mol. The fourth-order valence-electron chi connectivity index (χ4n) is 2.83. The van der Waals surface area contributed by atoms with Crippen molar-refractivity contribution >= 4 is 23.0 Å². The Balaban J connectivity index is 2.36. The van der Waals surface area contributed by atoms with Gasteiger partial charge in [-0.2, -0.15) is 0 Å². The van der Waals surface area contributed by atoms with Gasteiger partial charge in [-0.25, -0.2) is 10.5 Å². The molecule has 1 amide bonds. The Hall–Kier alpha value is -2.18. The first-order valence-electron chi connectivity index (χ1n) is 9.04. The van der Waals surface area contributed by atoms with Crippen molar-refractivity contribution in [1.82, 2.24) is 20.3 Å². The number of carbonyl (C=O) groups is 1. The summed E-state index contributed by atoms with van der Waals surface area (Å²) >= 11 is 0. The van der Waals surface area contributed by atoms with Crippen LogP contribution in [0.4, 0.5) is 0 Å². The third kappa shape index (κ3) is 5.68. The number of aromatic nitrogens is 2. The molecule has 26 heavy (non-hydrogen) atoms. The Morgan fingerprint density at radius 2 is 2.08 bits per heavy atom. The molecule has 0 radical (unpaired) electrons. The Morgan fingerprint density at radius 1 is 1.35 bits per heavy atom. The average molecular weight is 358 g/mol. The van der Waals surface area contributed by atoms with Crippen LogP contribution in [0, 0.1) is 5.41 Å². The number of carbonyl (C=O) groups excluding carboxylic acids is 1. The molecule has 0 spiro atoms. The number of hydroxylamine groups is 1. The van der Waals surface area contributed by atoms with Gasteiger partial charge in [0.15, 0.2) is 0 Å². The van der Waals surface area contributed by atoms with Crippen LogP contribution >= 0.6 is 0 Å². The van der Waals surface area contributed by atoms with Gasteiger partial charge in [0.1, 0.15) is 5.82 Å². The molecule has 1 aromatic heterocycles. The van der Waals surface area contributed by atoms with Crippen LogP contribution < -0.4 is 10.8 Å². The van der Waals surface area contributed by atoms with Gasteiger partial charge in [-0.05, 0) is 29.2 Å². The van der Waals surface area contributed by atoms with Crippen molar-refractivity contribution in [1.29, 1.82) is 0 Å². The lowest BCUT2D eigenvalue weighted by atomic mass is 9.92. The van der Waals surface area contributed by atoms with E-state index in [9.17, 15) is 4.79 Å². The molecular weight excluding hydrogens is 328 g/mol. The summed E-state index contributed by atoms with van der Waals surface area (Å²) in [6, 6.07) is 6.42. The van der Waals surface area contributed by atoms with Crippen LogP contribution in [0.15, 0.2) is 24.3 Å². The molecule has 6 nitrogen and oxygen atoms in total. The molecule has 0 bridgehead atoms. The lowest BCUT2D eigenvalue weighted by Crippen LogP contribution is -2.27. The van der Waals surface area contributed by atoms with Crippen molar-refractivity contribution < 1.29 is 10.0 Å². The number of fused-ring (bicyclic) bond motifs is 1. The van der Waals surface area contributed by atoms with Gasteiger partial charge in [0, 0.05) is 31.6 Å². The number of benzene rings is 1. The molecule has 0 aliphatic heterocycles. The van der Waals surface area contributed by atoms with Crippen LogP contribution in [0.1, 0.15) is 46.0 Å². The normalized spacial score (nSPS) is 12.4. The summed E-state index contributed by atoms with van der Waals surface area (Å²) in [6.45, 7) is 12.7. The monoisotopic (exact) mass is 358 g/mol. The third-order valence-electron chi connectivity index (χ3n) is 3.97. The van der Waals surface area contributed by atoms with Crippen LogP contribution in [0.3, 0.4) is 0 Å². The molecule has 1 heterocycles. The Kier molecular flexibility index (Phi) is 6.56. The topological polar surface area (TPSA) is 79.2 Å². The molecule has 0 atom stereocenters. The van der Waals surface area contributed by atoms with E-state index in [1.54, 1.807) is 11.6 Å². The zero-order valence-electron chi connectivity index (χ0n) is 16.3. The van der Waals surface area contributed by atoms with Crippen molar-refractivity contribution in [3.8, 4) is 0 Å². The molecule has 1 aromatic carbocycles. The van der Waals surface area contributed by atoms with E-state index in [2.05, 4.69) is 44.5 Å². The second-order valence-corrected chi connectivity index (χ2v) is 8.08. The highest BCUT2D eigenvalue weighted by molar-refractivity contribution is 5.91. The number of amides is 1. The predicted octanol–water partition coefficient (Wildman–Crippen LogP) is 3.14. The van der Waals surface area contributed by atoms with Crippen LogP contribution in [0.25, 0.3) is 17.1 Å². The molecule has 0 aliphatic rings. The molecule has 0 fully saturated rings. The van der Waals surface area contributed by atoms with Crippen LogP contribution in [-0.4, -0.2) is 33.3 Å². The smallest absolute Gasteiger partial charge is 0.267 e. The van der Waals surface area contributed by atoms with E-state index < -0.39 is 5.91 Å². The minimum Gasteiger partial charge on any atom is -0.327 e. The van der Waals surface area contributed by atoms with Crippen molar-refractivity contribution in [3.05, 3.63) is 35.7 Å². The first kappa shape index (κ1) is 20.1. The van der Waals surface area contributed by atoms with Crippen molar-refractivity contribution in [2.75, 3.05) is 6.54 Å². The van der Waals surface area contributed by atoms with Crippen LogP contribution in [0.2, 0.25) is 0 Å². The highest BCUT2D eigenvalue weighted by atomic mass is 16.5. The second kappa shape index (κ2) is 8.47. The van der Waals surface area contributed by atoms with Gasteiger partial charge in [0.2, 0.25) is 0 Å². The van der Waals surface area contributed by atoms with Crippen LogP contribution in [0.5, 0.6) is 0 Å². The van der Waals surface area contributed by atoms with E-state index in [4.69, 9.17) is 10.2 Å². The second-order valence-electron chi connectivity index (χ2n) is 8.08. The summed E-state index contributed by atoms with van der Waals surface area (Å²) in [5.41, 5.74) is 4.62. The largest absolute Gasteiger partial charge is 0.327 e. The highest BCUT2D eigenvalue weighted by Gasteiger charge is 2.18. The summed E-state index contributed by atoms with van der Waals surface area (Å²) in [6.07, 6.45) is 3.84. The number of nitrogens with zero attached hydrogens (tertiary/aromatic N) is 2. The van der Waals surface area contributed by atoms with Crippen molar-refractivity contribution in [2.24, 2.45) is 5.41 Å². The first-order valence-corrected chi connectivity index (χ1v) is 9.04. The van der Waals surface area contributed by atoms with Gasteiger partial charge in [-0.3, -0.25) is 10.0 Å². The molecule has 0 unspecified atom stereocenters. The minimum absolute atomic E-state index is 0.145. The minimum atomic E-state index is -0.552. The van der Waals surface area contributed by atoms with Gasteiger partial charge in [0.25, 0.3) is 5.91 Å². The van der Waals surface area contributed by atoms with E-state index in [1.807, 2.05) is 18.2 Å². The van der Waals surface area contributed by atoms with E-state index >= 15 is 0 Å². The third-order valence-corrected chi connectivity index (χ3v) is 3.97. The zero-order valence-corrected chi connectivity index (χ0v) is 16.3. The molecule has 0 saturated carbocycles. The van der Waals surface area contributed by atoms with Gasteiger partial charge in [-0.15, -0.1) is 0 Å². The van der Waals surface area contributed by atoms with E-state index in [0.29, 0.717) is 6.04 Å². The SMILES string of the molecule is CC(C)NCCn1c(CC(C)(C)C)nc2cc(/C=C/C(=O)NO)ccc21. The van der Waals surface area contributed by atoms with Crippen molar-refractivity contribution in [2.45, 2.75) is 53.6 Å². The molecule has 0 aliphatic carbocycles. The number of hydrogen-bond acceptors (Lipinski definition) is 4. The van der Waals surface area contributed by atoms with Crippen LogP contribution in [-0.2, 0) is 17.8 Å². The maximum Gasteiger partial charge on any atom is 0.267 e. The summed E-state index contributed by atoms with van der Waals surface area (Å²) in [4.78, 5) is 16.0. The molecule has 2 aromatic rings. The fourth-order valence-corrected chi connectivity index (χ4v) is 2.83. The van der Waals surface area contributed by atoms with Gasteiger partial charge >= 0.3 is 0 Å². The maximum absolute atomic E-state index is 11.2. The van der Waals surface area contributed by atoms with Gasteiger partial charge in [0.05, 0.1) is 11.0 Å². The molecule has 6 heteroatoms. The lowest BCUT2D eigenvalue weighted by molar-refractivity contribution is -0.124. The van der Waals surface area contributed by atoms with Gasteiger partial charge < -0.3 is 9.88 Å². The number of hydrogen-bond donors (Lipinski definition) is 3. The molecule has 142 valence electrons. The maximum atomic E-state index is 11.2. The highest BCUT2D eigenvalue weighted by Crippen LogP contribution is 2.25. The lowest BCUT2D eigenvalue weighted by Gasteiger charge is -2.19. The standard InChI is InChI=1S/C20H30N4O2/c1-14(2)21-10-11-24-17-8-6-15(7-9-19(25)23-26)12-16(17)22-18(24)13-20(3,4)5/h6-9,12,14,21,26H,10-11,13H2,1-5H3,(H,23,25)/b9-7+. The average Bonchev–Trinajstić information content (AvgIpc) is 2.87. The van der Waals surface area contributed by atoms with E-state index in [-0.39, 0.29) is 5.41 Å². The number of imidazole rings is 1.